The van der Waals surface area contributed by atoms with Gasteiger partial charge in [0.05, 0.1) is 6.42 Å². The maximum atomic E-state index is 12.8. The smallest absolute Gasteiger partial charge is 0.306 e. The van der Waals surface area contributed by atoms with E-state index >= 15 is 0 Å². The second kappa shape index (κ2) is 6.85. The molecule has 1 unspecified atom stereocenters. The molecule has 3 heteroatoms. The van der Waals surface area contributed by atoms with Gasteiger partial charge < -0.3 is 4.74 Å². The van der Waals surface area contributed by atoms with Crippen LogP contribution in [0.1, 0.15) is 30.4 Å². The van der Waals surface area contributed by atoms with Gasteiger partial charge in [-0.2, -0.15) is 0 Å². The van der Waals surface area contributed by atoms with Gasteiger partial charge >= 0.3 is 5.97 Å². The molecule has 0 amide bonds. The van der Waals surface area contributed by atoms with Crippen molar-refractivity contribution in [3.05, 3.63) is 71.5 Å². The first kappa shape index (κ1) is 14.3. The Kier molecular flexibility index (Phi) is 4.88. The van der Waals surface area contributed by atoms with E-state index < -0.39 is 0 Å². The van der Waals surface area contributed by atoms with Gasteiger partial charge in [0.2, 0.25) is 0 Å². The zero-order valence-corrected chi connectivity index (χ0v) is 11.4. The lowest BCUT2D eigenvalue weighted by molar-refractivity contribution is -0.145. The molecule has 2 rings (SSSR count). The van der Waals surface area contributed by atoms with Crippen LogP contribution in [0.15, 0.2) is 54.6 Å². The van der Waals surface area contributed by atoms with Crippen LogP contribution in [0, 0.1) is 5.82 Å². The summed E-state index contributed by atoms with van der Waals surface area (Å²) in [6.45, 7) is 2.22. The van der Waals surface area contributed by atoms with Crippen molar-refractivity contribution in [1.29, 1.82) is 0 Å². The molecule has 0 spiro atoms. The van der Waals surface area contributed by atoms with Gasteiger partial charge in [-0.05, 0) is 29.2 Å². The molecule has 0 saturated carbocycles. The van der Waals surface area contributed by atoms with Crippen molar-refractivity contribution >= 4 is 5.97 Å². The molecule has 0 aliphatic rings. The fraction of sp³-hybridized carbons (Fsp3) is 0.235. The van der Waals surface area contributed by atoms with E-state index in [9.17, 15) is 9.18 Å². The Morgan fingerprint density at radius 3 is 2.40 bits per heavy atom. The molecule has 0 bridgehead atoms. The summed E-state index contributed by atoms with van der Waals surface area (Å²) in [6, 6.07) is 15.8. The molecule has 0 aliphatic carbocycles. The number of halogens is 1. The Morgan fingerprint density at radius 1 is 1.10 bits per heavy atom. The molecule has 1 atom stereocenters. The van der Waals surface area contributed by atoms with Gasteiger partial charge in [0.25, 0.3) is 0 Å². The van der Waals surface area contributed by atoms with Gasteiger partial charge in [-0.15, -0.1) is 0 Å². The van der Waals surface area contributed by atoms with Crippen molar-refractivity contribution in [3.63, 3.8) is 0 Å². The summed E-state index contributed by atoms with van der Waals surface area (Å²) in [7, 11) is 0. The Morgan fingerprint density at radius 2 is 1.75 bits per heavy atom. The highest BCUT2D eigenvalue weighted by atomic mass is 19.1. The summed E-state index contributed by atoms with van der Waals surface area (Å²) in [6.07, 6.45) is 0.290. The Bertz CT molecular complexity index is 549. The molecule has 0 radical (unpaired) electrons. The molecule has 0 aromatic heterocycles. The Labute approximate surface area is 118 Å². The zero-order valence-electron chi connectivity index (χ0n) is 11.4. The first-order valence-corrected chi connectivity index (χ1v) is 6.60. The fourth-order valence-corrected chi connectivity index (χ4v) is 1.96. The minimum absolute atomic E-state index is 0.0128. The molecule has 104 valence electrons. The first-order chi connectivity index (χ1) is 9.65. The van der Waals surface area contributed by atoms with Crippen LogP contribution in [0.3, 0.4) is 0 Å². The second-order valence-electron chi connectivity index (χ2n) is 4.80. The number of hydrogen-bond donors (Lipinski definition) is 0. The van der Waals surface area contributed by atoms with Crippen LogP contribution in [0.5, 0.6) is 0 Å². The number of carbonyl (C=O) groups is 1. The van der Waals surface area contributed by atoms with Gasteiger partial charge in [-0.25, -0.2) is 4.39 Å². The monoisotopic (exact) mass is 272 g/mol. The van der Waals surface area contributed by atoms with E-state index in [-0.39, 0.29) is 24.3 Å². The van der Waals surface area contributed by atoms with E-state index in [0.29, 0.717) is 6.42 Å². The molecule has 20 heavy (non-hydrogen) atoms. The Balaban J connectivity index is 1.83. The van der Waals surface area contributed by atoms with Crippen LogP contribution in [-0.2, 0) is 16.1 Å². The largest absolute Gasteiger partial charge is 0.461 e. The van der Waals surface area contributed by atoms with E-state index in [4.69, 9.17) is 4.74 Å². The van der Waals surface area contributed by atoms with Crippen LogP contribution >= 0.6 is 0 Å². The molecule has 2 nitrogen and oxygen atoms in total. The summed E-state index contributed by atoms with van der Waals surface area (Å²) >= 11 is 0. The topological polar surface area (TPSA) is 26.3 Å². The molecule has 0 aliphatic heterocycles. The van der Waals surface area contributed by atoms with E-state index in [2.05, 4.69) is 0 Å². The molecular formula is C17H17FO2. The molecule has 2 aromatic rings. The lowest BCUT2D eigenvalue weighted by Gasteiger charge is -2.11. The minimum atomic E-state index is -0.271. The van der Waals surface area contributed by atoms with Crippen LogP contribution in [0.2, 0.25) is 0 Å². The predicted octanol–water partition coefficient (Wildman–Crippen LogP) is 4.06. The van der Waals surface area contributed by atoms with Gasteiger partial charge in [-0.3, -0.25) is 4.79 Å². The van der Waals surface area contributed by atoms with E-state index in [1.54, 1.807) is 12.1 Å². The molecule has 2 aromatic carbocycles. The van der Waals surface area contributed by atoms with Crippen molar-refractivity contribution in [1.82, 2.24) is 0 Å². The standard InChI is InChI=1S/C17H17FO2/c1-13(15-7-9-16(18)10-8-15)11-17(19)20-12-14-5-3-2-4-6-14/h2-10,13H,11-12H2,1H3. The fourth-order valence-electron chi connectivity index (χ4n) is 1.96. The minimum Gasteiger partial charge on any atom is -0.461 e. The zero-order chi connectivity index (χ0) is 14.4. The normalized spacial score (nSPS) is 11.9. The van der Waals surface area contributed by atoms with E-state index in [0.717, 1.165) is 11.1 Å². The van der Waals surface area contributed by atoms with Crippen molar-refractivity contribution in [2.45, 2.75) is 25.9 Å². The van der Waals surface area contributed by atoms with Gasteiger partial charge in [0, 0.05) is 0 Å². The summed E-state index contributed by atoms with van der Waals surface area (Å²) in [4.78, 5) is 11.8. The van der Waals surface area contributed by atoms with E-state index in [1.807, 2.05) is 37.3 Å². The molecule has 0 fully saturated rings. The third-order valence-electron chi connectivity index (χ3n) is 3.15. The van der Waals surface area contributed by atoms with Crippen molar-refractivity contribution < 1.29 is 13.9 Å². The number of benzene rings is 2. The highest BCUT2D eigenvalue weighted by Gasteiger charge is 2.12. The van der Waals surface area contributed by atoms with Gasteiger partial charge in [0.15, 0.2) is 0 Å². The lowest BCUT2D eigenvalue weighted by atomic mass is 9.98. The average molecular weight is 272 g/mol. The number of esters is 1. The lowest BCUT2D eigenvalue weighted by Crippen LogP contribution is -2.08. The van der Waals surface area contributed by atoms with Crippen LogP contribution in [0.25, 0.3) is 0 Å². The number of rotatable bonds is 5. The third kappa shape index (κ3) is 4.19. The quantitative estimate of drug-likeness (QED) is 0.767. The molecule has 0 N–H and O–H groups in total. The van der Waals surface area contributed by atoms with Crippen LogP contribution in [-0.4, -0.2) is 5.97 Å². The maximum Gasteiger partial charge on any atom is 0.306 e. The predicted molar refractivity (Wildman–Crippen MR) is 75.7 cm³/mol. The van der Waals surface area contributed by atoms with Gasteiger partial charge in [-0.1, -0.05) is 49.4 Å². The average Bonchev–Trinajstić information content (AvgIpc) is 2.47. The third-order valence-corrected chi connectivity index (χ3v) is 3.15. The van der Waals surface area contributed by atoms with Gasteiger partial charge in [0.1, 0.15) is 12.4 Å². The van der Waals surface area contributed by atoms with Crippen molar-refractivity contribution in [2.24, 2.45) is 0 Å². The highest BCUT2D eigenvalue weighted by Crippen LogP contribution is 2.20. The van der Waals surface area contributed by atoms with E-state index in [1.165, 1.54) is 12.1 Å². The second-order valence-corrected chi connectivity index (χ2v) is 4.80. The van der Waals surface area contributed by atoms with Crippen LogP contribution < -0.4 is 0 Å². The molecule has 0 heterocycles. The highest BCUT2D eigenvalue weighted by molar-refractivity contribution is 5.70. The summed E-state index contributed by atoms with van der Waals surface area (Å²) in [5.74, 6) is -0.503. The van der Waals surface area contributed by atoms with Crippen molar-refractivity contribution in [2.75, 3.05) is 0 Å². The maximum absolute atomic E-state index is 12.8. The number of hydrogen-bond acceptors (Lipinski definition) is 2. The molecular weight excluding hydrogens is 255 g/mol. The number of carbonyl (C=O) groups excluding carboxylic acids is 1. The van der Waals surface area contributed by atoms with Crippen LogP contribution in [0.4, 0.5) is 4.39 Å². The summed E-state index contributed by atoms with van der Waals surface area (Å²) < 4.78 is 18.1. The number of ether oxygens (including phenoxy) is 1. The summed E-state index contributed by atoms with van der Waals surface area (Å²) in [5, 5.41) is 0. The Hall–Kier alpha value is -2.16. The summed E-state index contributed by atoms with van der Waals surface area (Å²) in [5.41, 5.74) is 1.90. The SMILES string of the molecule is CC(CC(=O)OCc1ccccc1)c1ccc(F)cc1. The van der Waals surface area contributed by atoms with Crippen molar-refractivity contribution in [3.8, 4) is 0 Å². The first-order valence-electron chi connectivity index (χ1n) is 6.60. The molecule has 0 saturated heterocycles.